The molecule has 2 heterocycles. The Morgan fingerprint density at radius 2 is 1.91 bits per heavy atom. The van der Waals surface area contributed by atoms with E-state index in [-0.39, 0.29) is 0 Å². The fourth-order valence-electron chi connectivity index (χ4n) is 3.83. The van der Waals surface area contributed by atoms with Crippen LogP contribution in [-0.4, -0.2) is 31.7 Å². The molecule has 3 N–H and O–H groups in total. The van der Waals surface area contributed by atoms with Crippen LogP contribution in [0.25, 0.3) is 27.9 Å². The maximum Gasteiger partial charge on any atom is 0.154 e. The first-order chi connectivity index (χ1) is 15.4. The van der Waals surface area contributed by atoms with Gasteiger partial charge in [0.25, 0.3) is 0 Å². The Balaban J connectivity index is 1.64. The Hall–Kier alpha value is -3.32. The molecule has 0 unspecified atom stereocenters. The van der Waals surface area contributed by atoms with Crippen LogP contribution in [0.5, 0.6) is 0 Å². The molecule has 4 aromatic rings. The molecular weight excluding hydrogens is 416 g/mol. The second-order valence-electron chi connectivity index (χ2n) is 7.93. The summed E-state index contributed by atoms with van der Waals surface area (Å²) >= 11 is 1.73. The molecule has 0 aliphatic heterocycles. The van der Waals surface area contributed by atoms with Crippen LogP contribution in [0.4, 0.5) is 0 Å². The Labute approximate surface area is 192 Å². The molecule has 0 saturated carbocycles. The van der Waals surface area contributed by atoms with Gasteiger partial charge < -0.3 is 15.7 Å². The number of nitrogens with zero attached hydrogens (tertiary/aromatic N) is 3. The number of thioether (sulfide) groups is 1. The largest absolute Gasteiger partial charge is 0.378 e. The number of H-pyrrole nitrogens is 1. The number of imidazole rings is 1. The van der Waals surface area contributed by atoms with Crippen LogP contribution < -0.4 is 5.32 Å². The fraction of sp³-hybridized carbons (Fsp3) is 0.240. The molecule has 0 fully saturated rings. The van der Waals surface area contributed by atoms with Gasteiger partial charge in [0, 0.05) is 35.1 Å². The second-order valence-corrected chi connectivity index (χ2v) is 8.81. The Bertz CT molecular complexity index is 1310. The van der Waals surface area contributed by atoms with Gasteiger partial charge in [-0.25, -0.2) is 4.98 Å². The first kappa shape index (κ1) is 21.9. The lowest BCUT2D eigenvalue weighted by Gasteiger charge is -2.10. The summed E-state index contributed by atoms with van der Waals surface area (Å²) in [6.45, 7) is 6.46. The monoisotopic (exact) mass is 444 g/mol. The van der Waals surface area contributed by atoms with Gasteiger partial charge in [0.1, 0.15) is 0 Å². The molecule has 0 spiro atoms. The van der Waals surface area contributed by atoms with E-state index in [1.165, 1.54) is 10.5 Å². The number of benzene rings is 2. The summed E-state index contributed by atoms with van der Waals surface area (Å²) < 4.78 is 1.91. The van der Waals surface area contributed by atoms with Crippen molar-refractivity contribution in [1.29, 1.82) is 5.41 Å². The van der Waals surface area contributed by atoms with Crippen molar-refractivity contribution < 1.29 is 0 Å². The van der Waals surface area contributed by atoms with Gasteiger partial charge in [-0.1, -0.05) is 18.2 Å². The highest BCUT2D eigenvalue weighted by Gasteiger charge is 2.14. The smallest absolute Gasteiger partial charge is 0.154 e. The van der Waals surface area contributed by atoms with Crippen LogP contribution >= 0.6 is 11.8 Å². The molecular formula is C25H28N6S. The third-order valence-electron chi connectivity index (χ3n) is 5.47. The quantitative estimate of drug-likeness (QED) is 0.261. The molecule has 164 valence electrons. The summed E-state index contributed by atoms with van der Waals surface area (Å²) in [5.41, 5.74) is 7.53. The van der Waals surface area contributed by atoms with Crippen molar-refractivity contribution in [2.24, 2.45) is 7.05 Å². The van der Waals surface area contributed by atoms with Gasteiger partial charge in [-0.2, -0.15) is 5.10 Å². The Morgan fingerprint density at radius 3 is 2.59 bits per heavy atom. The summed E-state index contributed by atoms with van der Waals surface area (Å²) in [6, 6.07) is 14.8. The summed E-state index contributed by atoms with van der Waals surface area (Å²) in [4.78, 5) is 9.50. The lowest BCUT2D eigenvalue weighted by atomic mass is 10.1. The molecule has 0 bridgehead atoms. The molecule has 0 radical (unpaired) electrons. The number of allylic oxidation sites excluding steroid dienone is 1. The van der Waals surface area contributed by atoms with E-state index in [1.807, 2.05) is 31.7 Å². The van der Waals surface area contributed by atoms with Crippen LogP contribution in [-0.2, 0) is 13.6 Å². The lowest BCUT2D eigenvalue weighted by molar-refractivity contribution is 0.783. The highest BCUT2D eigenvalue weighted by molar-refractivity contribution is 7.98. The van der Waals surface area contributed by atoms with Crippen LogP contribution in [0.15, 0.2) is 53.4 Å². The van der Waals surface area contributed by atoms with Gasteiger partial charge in [0.05, 0.1) is 28.3 Å². The van der Waals surface area contributed by atoms with Gasteiger partial charge in [-0.3, -0.25) is 4.68 Å². The van der Waals surface area contributed by atoms with Gasteiger partial charge in [-0.05, 0) is 62.9 Å². The zero-order valence-electron chi connectivity index (χ0n) is 19.1. The number of nitrogens with one attached hydrogen (secondary N) is 3. The SMILES string of the molecule is CSc1ccc(CN/C(=C/C(C)=N)c2nc(C)c(-c3ccc4c(c3)c(C)nn4C)[nH]2)cc1. The Kier molecular flexibility index (Phi) is 6.19. The molecule has 0 amide bonds. The van der Waals surface area contributed by atoms with E-state index in [1.54, 1.807) is 18.7 Å². The van der Waals surface area contributed by atoms with Gasteiger partial charge in [0.2, 0.25) is 0 Å². The molecule has 32 heavy (non-hydrogen) atoms. The van der Waals surface area contributed by atoms with E-state index in [0.29, 0.717) is 12.3 Å². The number of hydrogen-bond donors (Lipinski definition) is 3. The van der Waals surface area contributed by atoms with Crippen molar-refractivity contribution in [3.8, 4) is 11.3 Å². The first-order valence-corrected chi connectivity index (χ1v) is 11.7. The molecule has 0 atom stereocenters. The van der Waals surface area contributed by atoms with Crippen molar-refractivity contribution >= 4 is 34.1 Å². The minimum atomic E-state index is 0.466. The zero-order valence-corrected chi connectivity index (χ0v) is 19.9. The van der Waals surface area contributed by atoms with E-state index in [9.17, 15) is 0 Å². The summed E-state index contributed by atoms with van der Waals surface area (Å²) in [6.07, 6.45) is 3.89. The normalized spacial score (nSPS) is 11.8. The minimum Gasteiger partial charge on any atom is -0.378 e. The van der Waals surface area contributed by atoms with Gasteiger partial charge >= 0.3 is 0 Å². The molecule has 0 saturated heterocycles. The molecule has 6 nitrogen and oxygen atoms in total. The average Bonchev–Trinajstić information content (AvgIpc) is 3.30. The number of hydrogen-bond acceptors (Lipinski definition) is 5. The van der Waals surface area contributed by atoms with Crippen molar-refractivity contribution in [2.75, 3.05) is 6.26 Å². The highest BCUT2D eigenvalue weighted by Crippen LogP contribution is 2.28. The second kappa shape index (κ2) is 9.04. The third-order valence-corrected chi connectivity index (χ3v) is 6.21. The number of aryl methyl sites for hydroxylation is 3. The molecule has 2 aromatic heterocycles. The minimum absolute atomic E-state index is 0.466. The number of aromatic nitrogens is 4. The van der Waals surface area contributed by atoms with E-state index in [0.717, 1.165) is 45.1 Å². The van der Waals surface area contributed by atoms with Crippen LogP contribution in [0.1, 0.15) is 29.7 Å². The van der Waals surface area contributed by atoms with Crippen molar-refractivity contribution in [3.63, 3.8) is 0 Å². The molecule has 7 heteroatoms. The average molecular weight is 445 g/mol. The van der Waals surface area contributed by atoms with Gasteiger partial charge in [0.15, 0.2) is 5.82 Å². The van der Waals surface area contributed by atoms with E-state index < -0.39 is 0 Å². The lowest BCUT2D eigenvalue weighted by Crippen LogP contribution is -2.14. The number of aromatic amines is 1. The molecule has 4 rings (SSSR count). The topological polar surface area (TPSA) is 82.4 Å². The summed E-state index contributed by atoms with van der Waals surface area (Å²) in [5.74, 6) is 0.729. The molecule has 0 aliphatic rings. The maximum absolute atomic E-state index is 7.98. The van der Waals surface area contributed by atoms with Crippen molar-refractivity contribution in [2.45, 2.75) is 32.2 Å². The third kappa shape index (κ3) is 4.48. The van der Waals surface area contributed by atoms with E-state index >= 15 is 0 Å². The van der Waals surface area contributed by atoms with E-state index in [2.05, 4.69) is 64.1 Å². The first-order valence-electron chi connectivity index (χ1n) is 10.5. The zero-order chi connectivity index (χ0) is 22.8. The fourth-order valence-corrected chi connectivity index (χ4v) is 4.23. The maximum atomic E-state index is 7.98. The van der Waals surface area contributed by atoms with Crippen molar-refractivity contribution in [3.05, 3.63) is 71.3 Å². The van der Waals surface area contributed by atoms with Crippen LogP contribution in [0.2, 0.25) is 0 Å². The summed E-state index contributed by atoms with van der Waals surface area (Å²) in [5, 5.41) is 17.1. The highest BCUT2D eigenvalue weighted by atomic mass is 32.2. The molecule has 2 aromatic carbocycles. The van der Waals surface area contributed by atoms with E-state index in [4.69, 9.17) is 10.4 Å². The van der Waals surface area contributed by atoms with Crippen molar-refractivity contribution in [1.82, 2.24) is 25.1 Å². The number of rotatable bonds is 7. The van der Waals surface area contributed by atoms with Crippen LogP contribution in [0, 0.1) is 19.3 Å². The standard InChI is InChI=1S/C25H28N6S/c1-15(26)12-22(27-14-18-6-9-20(32-5)10-7-18)25-28-17(3)24(29-25)19-8-11-23-21(13-19)16(2)30-31(23)4/h6-13,26-27H,14H2,1-5H3,(H,28,29)/b22-12+,26-15?. The van der Waals surface area contributed by atoms with Gasteiger partial charge in [-0.15, -0.1) is 11.8 Å². The number of fused-ring (bicyclic) bond motifs is 1. The predicted molar refractivity (Wildman–Crippen MR) is 134 cm³/mol. The van der Waals surface area contributed by atoms with Crippen LogP contribution in [0.3, 0.4) is 0 Å². The Morgan fingerprint density at radius 1 is 1.16 bits per heavy atom. The summed E-state index contributed by atoms with van der Waals surface area (Å²) in [7, 11) is 1.96. The molecule has 0 aliphatic carbocycles. The predicted octanol–water partition coefficient (Wildman–Crippen LogP) is 5.47.